The van der Waals surface area contributed by atoms with Crippen LogP contribution in [0.4, 0.5) is 0 Å². The minimum Gasteiger partial charge on any atom is -0.448 e. The van der Waals surface area contributed by atoms with Crippen LogP contribution in [0.1, 0.15) is 141 Å². The maximum atomic E-state index is 15.8. The van der Waals surface area contributed by atoms with Crippen molar-refractivity contribution < 1.29 is 29.3 Å². The molecule has 7 nitrogen and oxygen atoms in total. The lowest BCUT2D eigenvalue weighted by Gasteiger charge is -2.71. The molecule has 1 aliphatic heterocycles. The summed E-state index contributed by atoms with van der Waals surface area (Å²) in [5.74, 6) is 1.95. The third-order valence-electron chi connectivity index (χ3n) is 22.1. The van der Waals surface area contributed by atoms with Gasteiger partial charge in [-0.05, 0) is 155 Å². The number of allylic oxidation sites excluding steroid dienone is 4. The summed E-state index contributed by atoms with van der Waals surface area (Å²) in [6, 6.07) is 18.2. The third kappa shape index (κ3) is 4.98. The number of Topliss-reactive ketones (excluding diaryl/α,β-unsaturated/α-hetero) is 1. The number of fused-ring (bicyclic) bond motifs is 3. The zero-order valence-corrected chi connectivity index (χ0v) is 38.4. The highest BCUT2D eigenvalue weighted by Gasteiger charge is 2.78. The van der Waals surface area contributed by atoms with E-state index in [1.807, 2.05) is 43.3 Å². The Bertz CT molecular complexity index is 2350. The number of aliphatic hydroxyl groups is 2. The van der Waals surface area contributed by atoms with Crippen molar-refractivity contribution in [3.63, 3.8) is 0 Å². The fourth-order valence-electron chi connectivity index (χ4n) is 18.7. The molecule has 2 N–H and O–H groups in total. The van der Waals surface area contributed by atoms with Crippen LogP contribution in [0.15, 0.2) is 78.4 Å². The Morgan fingerprint density at radius 3 is 2.03 bits per heavy atom. The largest absolute Gasteiger partial charge is 0.448 e. The molecule has 12 aliphatic rings. The molecule has 2 spiro atoms. The van der Waals surface area contributed by atoms with Crippen LogP contribution in [0.5, 0.6) is 0 Å². The summed E-state index contributed by atoms with van der Waals surface area (Å²) in [5.41, 5.74) is -2.22. The number of ketones is 1. The molecule has 0 radical (unpaired) electrons. The summed E-state index contributed by atoms with van der Waals surface area (Å²) in [5, 5.41) is 25.2. The zero-order valence-electron chi connectivity index (χ0n) is 38.4. The SMILES string of the molecule is CC1(C)[C@@]2(C)CC[C@]1(C(=O)N(CC13CC4CC(CC(C4)C1)C3)C[C@]1(O)CC[C@H]3[C@]45C=C[C@@]6(C=C4C(=O)c4ccccc4-c4ccccc4)CC(O)CC[C@]6(C)[C@H]5CC[C@@]31C)OC2=O. The first-order valence-electron chi connectivity index (χ1n) is 24.9. The first-order chi connectivity index (χ1) is 29.9. The van der Waals surface area contributed by atoms with E-state index in [4.69, 9.17) is 4.74 Å². The van der Waals surface area contributed by atoms with E-state index in [-0.39, 0.29) is 46.9 Å². The predicted molar refractivity (Wildman–Crippen MR) is 242 cm³/mol. The van der Waals surface area contributed by atoms with Crippen molar-refractivity contribution in [1.82, 2.24) is 4.90 Å². The molecule has 9 fully saturated rings. The smallest absolute Gasteiger partial charge is 0.313 e. The summed E-state index contributed by atoms with van der Waals surface area (Å²) in [6.07, 6.45) is 20.3. The van der Waals surface area contributed by atoms with Crippen LogP contribution < -0.4 is 0 Å². The zero-order chi connectivity index (χ0) is 43.8. The molecule has 11 aliphatic carbocycles. The van der Waals surface area contributed by atoms with E-state index >= 15 is 9.59 Å². The lowest BCUT2D eigenvalue weighted by atomic mass is 9.32. The van der Waals surface area contributed by atoms with Gasteiger partial charge in [-0.3, -0.25) is 14.4 Å². The molecule has 1 amide bonds. The average molecular weight is 852 g/mol. The summed E-state index contributed by atoms with van der Waals surface area (Å²) in [7, 11) is 0. The van der Waals surface area contributed by atoms with Crippen LogP contribution in [-0.4, -0.2) is 63.2 Å². The second kappa shape index (κ2) is 12.9. The molecule has 14 rings (SSSR count). The van der Waals surface area contributed by atoms with E-state index in [1.54, 1.807) is 0 Å². The molecular weight excluding hydrogens is 783 g/mol. The number of esters is 1. The molecule has 1 unspecified atom stereocenters. The minimum atomic E-state index is -1.25. The standard InChI is InChI=1S/C56H69NO6/c1-48(2)51(5)21-24-56(48,63-47(51)61)46(60)57(33-52-28-35-25-36(29-52)27-37(26-35)30-52)34-54(62)20-17-44-50(54,4)19-16-43-49(3)18-15-39(58)31-53(49)22-23-55(43,44)42(32-53)45(59)41-14-10-9-13-40(41)38-11-7-6-8-12-38/h6-14,22-23,32,35-37,39,43-44,58,62H,15-21,24-31,33-34H2,1-5H3/t35?,36?,37?,39?,43-,44-,49-,50+,51+,52?,53+,54-,55-,56-/m1/s1. The summed E-state index contributed by atoms with van der Waals surface area (Å²) < 4.78 is 6.38. The van der Waals surface area contributed by atoms with E-state index < -0.39 is 44.4 Å². The molecule has 2 aromatic rings. The van der Waals surface area contributed by atoms with Crippen molar-refractivity contribution >= 4 is 17.7 Å². The molecule has 8 saturated carbocycles. The van der Waals surface area contributed by atoms with Gasteiger partial charge in [-0.15, -0.1) is 0 Å². The Balaban J connectivity index is 0.960. The molecular formula is C56H69NO6. The number of carbonyl (C=O) groups is 3. The Labute approximate surface area is 374 Å². The van der Waals surface area contributed by atoms with E-state index in [2.05, 4.69) is 69.0 Å². The number of aliphatic hydroxyl groups excluding tert-OH is 1. The molecule has 1 saturated heterocycles. The van der Waals surface area contributed by atoms with Gasteiger partial charge in [-0.1, -0.05) is 101 Å². The molecule has 1 heterocycles. The number of carbonyl (C=O) groups excluding carboxylic acids is 3. The van der Waals surface area contributed by atoms with Gasteiger partial charge in [-0.25, -0.2) is 0 Å². The molecule has 8 bridgehead atoms. The van der Waals surface area contributed by atoms with Gasteiger partial charge >= 0.3 is 5.97 Å². The Morgan fingerprint density at radius 2 is 1.37 bits per heavy atom. The molecule has 0 aromatic heterocycles. The lowest BCUT2D eigenvalue weighted by molar-refractivity contribution is -0.191. The van der Waals surface area contributed by atoms with Crippen molar-refractivity contribution in [2.45, 2.75) is 148 Å². The van der Waals surface area contributed by atoms with E-state index in [0.29, 0.717) is 55.5 Å². The number of benzene rings is 2. The predicted octanol–water partition coefficient (Wildman–Crippen LogP) is 10.3. The van der Waals surface area contributed by atoms with Crippen molar-refractivity contribution in [3.05, 3.63) is 84.0 Å². The molecule has 2 aromatic carbocycles. The molecule has 7 heteroatoms. The fraction of sp³-hybridized carbons (Fsp3) is 0.661. The second-order valence-electron chi connectivity index (χ2n) is 24.8. The van der Waals surface area contributed by atoms with Crippen LogP contribution in [-0.2, 0) is 14.3 Å². The van der Waals surface area contributed by atoms with Gasteiger partial charge in [-0.2, -0.15) is 0 Å². The molecule has 334 valence electrons. The van der Waals surface area contributed by atoms with Gasteiger partial charge in [0.1, 0.15) is 0 Å². The van der Waals surface area contributed by atoms with Crippen LogP contribution in [0.25, 0.3) is 11.1 Å². The Morgan fingerprint density at radius 1 is 0.730 bits per heavy atom. The third-order valence-corrected chi connectivity index (χ3v) is 22.1. The lowest BCUT2D eigenvalue weighted by Crippen LogP contribution is -2.68. The number of amides is 1. The van der Waals surface area contributed by atoms with Gasteiger partial charge in [0.25, 0.3) is 5.91 Å². The average Bonchev–Trinajstić information content (AvgIpc) is 3.70. The minimum absolute atomic E-state index is 0.0226. The first-order valence-corrected chi connectivity index (χ1v) is 24.9. The van der Waals surface area contributed by atoms with Crippen LogP contribution >= 0.6 is 0 Å². The molecule has 10 atom stereocenters. The van der Waals surface area contributed by atoms with Gasteiger partial charge in [0.05, 0.1) is 23.7 Å². The van der Waals surface area contributed by atoms with Crippen LogP contribution in [0.2, 0.25) is 0 Å². The van der Waals surface area contributed by atoms with Crippen LogP contribution in [0.3, 0.4) is 0 Å². The van der Waals surface area contributed by atoms with Gasteiger partial charge < -0.3 is 19.8 Å². The van der Waals surface area contributed by atoms with Crippen LogP contribution in [0, 0.1) is 67.5 Å². The van der Waals surface area contributed by atoms with Gasteiger partial charge in [0.15, 0.2) is 11.4 Å². The van der Waals surface area contributed by atoms with E-state index in [0.717, 1.165) is 68.1 Å². The number of nitrogens with zero attached hydrogens (tertiary/aromatic N) is 1. The Kier molecular flexibility index (Phi) is 8.36. The highest BCUT2D eigenvalue weighted by Crippen LogP contribution is 2.79. The fourth-order valence-corrected chi connectivity index (χ4v) is 18.7. The monoisotopic (exact) mass is 852 g/mol. The summed E-state index contributed by atoms with van der Waals surface area (Å²) in [4.78, 5) is 47.4. The van der Waals surface area contributed by atoms with E-state index in [1.165, 1.54) is 19.3 Å². The van der Waals surface area contributed by atoms with Crippen molar-refractivity contribution in [3.8, 4) is 11.1 Å². The van der Waals surface area contributed by atoms with Crippen molar-refractivity contribution in [2.75, 3.05) is 13.1 Å². The Hall–Kier alpha value is -3.55. The van der Waals surface area contributed by atoms with Gasteiger partial charge in [0.2, 0.25) is 0 Å². The highest BCUT2D eigenvalue weighted by molar-refractivity contribution is 6.14. The van der Waals surface area contributed by atoms with Gasteiger partial charge in [0, 0.05) is 39.3 Å². The normalized spacial score (nSPS) is 47.7. The second-order valence-corrected chi connectivity index (χ2v) is 24.8. The number of hydrogen-bond donors (Lipinski definition) is 2. The number of hydrogen-bond acceptors (Lipinski definition) is 6. The highest BCUT2D eigenvalue weighted by atomic mass is 16.6. The van der Waals surface area contributed by atoms with Crippen molar-refractivity contribution in [1.29, 1.82) is 0 Å². The quantitative estimate of drug-likeness (QED) is 0.156. The summed E-state index contributed by atoms with van der Waals surface area (Å²) >= 11 is 0. The summed E-state index contributed by atoms with van der Waals surface area (Å²) in [6.45, 7) is 11.7. The first kappa shape index (κ1) is 40.9. The molecule has 63 heavy (non-hydrogen) atoms. The number of ether oxygens (including phenoxy) is 1. The maximum absolute atomic E-state index is 15.8. The van der Waals surface area contributed by atoms with E-state index in [9.17, 15) is 15.0 Å². The maximum Gasteiger partial charge on any atom is 0.313 e. The number of rotatable bonds is 8. The topological polar surface area (TPSA) is 104 Å². The van der Waals surface area contributed by atoms with Crippen molar-refractivity contribution in [2.24, 2.45) is 67.5 Å².